The van der Waals surface area contributed by atoms with E-state index in [-0.39, 0.29) is 17.4 Å². The van der Waals surface area contributed by atoms with Gasteiger partial charge in [0.15, 0.2) is 17.8 Å². The summed E-state index contributed by atoms with van der Waals surface area (Å²) in [7, 11) is 3.03. The van der Waals surface area contributed by atoms with Crippen molar-refractivity contribution < 1.29 is 18.8 Å². The van der Waals surface area contributed by atoms with Crippen LogP contribution in [0, 0.1) is 16.0 Å². The lowest BCUT2D eigenvalue weighted by Gasteiger charge is -2.10. The molecule has 0 amide bonds. The Bertz CT molecular complexity index is 1310. The number of hydrogen-bond acceptors (Lipinski definition) is 9. The number of rotatable bonds is 7. The molecule has 0 radical (unpaired) electrons. The van der Waals surface area contributed by atoms with Crippen LogP contribution >= 0.6 is 15.9 Å². The number of nitrogens with two attached hydrogens (primary N) is 2. The number of hydrogen-bond donors (Lipinski definition) is 3. The number of nitro benzene ring substituents is 1. The summed E-state index contributed by atoms with van der Waals surface area (Å²) in [4.78, 5) is 21.8. The molecule has 0 saturated carbocycles. The third kappa shape index (κ3) is 6.08. The predicted octanol–water partition coefficient (Wildman–Crippen LogP) is 5.22. The number of anilines is 1. The molecule has 0 spiro atoms. The Kier molecular flexibility index (Phi) is 8.30. The molecule has 2 aromatic carbocycles. The summed E-state index contributed by atoms with van der Waals surface area (Å²) < 4.78 is 16.2. The van der Waals surface area contributed by atoms with Gasteiger partial charge in [0.05, 0.1) is 36.9 Å². The maximum atomic E-state index is 10.5. The zero-order valence-corrected chi connectivity index (χ0v) is 21.3. The van der Waals surface area contributed by atoms with Gasteiger partial charge in [-0.25, -0.2) is 9.97 Å². The first-order valence-corrected chi connectivity index (χ1v) is 11.4. The minimum absolute atomic E-state index is 0.0377. The van der Waals surface area contributed by atoms with Crippen LogP contribution in [0.15, 0.2) is 45.7 Å². The second-order valence-corrected chi connectivity index (χ2v) is 9.01. The molecule has 1 atom stereocenters. The number of oxazole rings is 1. The van der Waals surface area contributed by atoms with E-state index >= 15 is 0 Å². The van der Waals surface area contributed by atoms with E-state index in [1.807, 2.05) is 12.1 Å². The Morgan fingerprint density at radius 2 is 1.91 bits per heavy atom. The Morgan fingerprint density at radius 1 is 1.20 bits per heavy atom. The van der Waals surface area contributed by atoms with E-state index in [9.17, 15) is 10.1 Å². The van der Waals surface area contributed by atoms with E-state index in [4.69, 9.17) is 25.4 Å². The van der Waals surface area contributed by atoms with Crippen LogP contribution in [0.4, 0.5) is 11.4 Å². The van der Waals surface area contributed by atoms with E-state index < -0.39 is 4.92 Å². The van der Waals surface area contributed by atoms with Gasteiger partial charge >= 0.3 is 0 Å². The van der Waals surface area contributed by atoms with E-state index in [0.29, 0.717) is 27.6 Å². The number of aromatic amines is 1. The first-order chi connectivity index (χ1) is 16.6. The average molecular weight is 547 g/mol. The van der Waals surface area contributed by atoms with Crippen LogP contribution in [0.3, 0.4) is 0 Å². The summed E-state index contributed by atoms with van der Waals surface area (Å²) in [6.07, 6.45) is 3.95. The first kappa shape index (κ1) is 26.0. The molecule has 186 valence electrons. The van der Waals surface area contributed by atoms with Crippen molar-refractivity contribution in [1.29, 1.82) is 0 Å². The summed E-state index contributed by atoms with van der Waals surface area (Å²) in [5.74, 6) is 2.94. The monoisotopic (exact) mass is 546 g/mol. The van der Waals surface area contributed by atoms with Gasteiger partial charge in [0.1, 0.15) is 22.8 Å². The third-order valence-corrected chi connectivity index (χ3v) is 5.54. The molecule has 0 unspecified atom stereocenters. The van der Waals surface area contributed by atoms with Crippen molar-refractivity contribution in [3.8, 4) is 22.8 Å². The standard InChI is InChI=1S/C16H20N4O2.C7H7BrN2O3/c1-9(2)4-11(17)16-19-12-5-10(14-7-18-8-22-14)6-13(21-3)15(12)20-16;1-13-6-3-4(8)2-5(7(6)9)10(11)12/h5-9,11H,4,17H2,1-3H3,(H,19,20);2-3H,9H2,1H3/t11-;/m1./s1. The van der Waals surface area contributed by atoms with Gasteiger partial charge in [0.2, 0.25) is 0 Å². The summed E-state index contributed by atoms with van der Waals surface area (Å²) in [5, 5.41) is 10.5. The molecule has 2 heterocycles. The molecule has 0 bridgehead atoms. The van der Waals surface area contributed by atoms with Gasteiger partial charge in [0.25, 0.3) is 5.69 Å². The lowest BCUT2D eigenvalue weighted by atomic mass is 10.0. The molecule has 11 nitrogen and oxygen atoms in total. The van der Waals surface area contributed by atoms with Crippen LogP contribution in [0.5, 0.6) is 11.5 Å². The minimum atomic E-state index is -0.553. The van der Waals surface area contributed by atoms with Crippen LogP contribution in [0.1, 0.15) is 32.1 Å². The summed E-state index contributed by atoms with van der Waals surface area (Å²) in [5.41, 5.74) is 14.1. The lowest BCUT2D eigenvalue weighted by Crippen LogP contribution is -2.14. The molecule has 0 fully saturated rings. The Morgan fingerprint density at radius 3 is 2.49 bits per heavy atom. The van der Waals surface area contributed by atoms with Crippen molar-refractivity contribution in [2.45, 2.75) is 26.3 Å². The third-order valence-electron chi connectivity index (χ3n) is 5.08. The number of nitrogens with zero attached hydrogens (tertiary/aromatic N) is 3. The van der Waals surface area contributed by atoms with E-state index in [0.717, 1.165) is 28.8 Å². The van der Waals surface area contributed by atoms with E-state index in [2.05, 4.69) is 44.7 Å². The summed E-state index contributed by atoms with van der Waals surface area (Å²) in [6.45, 7) is 4.29. The maximum absolute atomic E-state index is 10.5. The molecule has 4 rings (SSSR count). The summed E-state index contributed by atoms with van der Waals surface area (Å²) >= 11 is 3.12. The van der Waals surface area contributed by atoms with Crippen LogP contribution < -0.4 is 20.9 Å². The molecule has 0 saturated heterocycles. The molecule has 2 aromatic heterocycles. The zero-order chi connectivity index (χ0) is 25.7. The Hall–Kier alpha value is -3.64. The second kappa shape index (κ2) is 11.2. The lowest BCUT2D eigenvalue weighted by molar-refractivity contribution is -0.384. The van der Waals surface area contributed by atoms with Gasteiger partial charge in [-0.2, -0.15) is 0 Å². The van der Waals surface area contributed by atoms with Crippen molar-refractivity contribution in [1.82, 2.24) is 15.0 Å². The highest BCUT2D eigenvalue weighted by Gasteiger charge is 2.18. The van der Waals surface area contributed by atoms with Gasteiger partial charge in [-0.15, -0.1) is 0 Å². The topological polar surface area (TPSA) is 168 Å². The van der Waals surface area contributed by atoms with Crippen molar-refractivity contribution in [3.63, 3.8) is 0 Å². The number of halogens is 1. The number of methoxy groups -OCH3 is 2. The smallest absolute Gasteiger partial charge is 0.297 e. The molecule has 0 aliphatic rings. The number of imidazole rings is 1. The van der Waals surface area contributed by atoms with Gasteiger partial charge in [-0.1, -0.05) is 29.8 Å². The fraction of sp³-hybridized carbons (Fsp3) is 0.304. The van der Waals surface area contributed by atoms with Crippen LogP contribution in [0.25, 0.3) is 22.4 Å². The predicted molar refractivity (Wildman–Crippen MR) is 136 cm³/mol. The van der Waals surface area contributed by atoms with Gasteiger partial charge in [-0.05, 0) is 30.5 Å². The quantitative estimate of drug-likeness (QED) is 0.160. The van der Waals surface area contributed by atoms with Gasteiger partial charge in [0, 0.05) is 16.1 Å². The number of nitrogens with one attached hydrogen (secondary N) is 1. The number of benzene rings is 2. The second-order valence-electron chi connectivity index (χ2n) is 8.10. The molecule has 35 heavy (non-hydrogen) atoms. The number of H-pyrrole nitrogens is 1. The van der Waals surface area contributed by atoms with Crippen LogP contribution in [-0.2, 0) is 0 Å². The molecular weight excluding hydrogens is 520 g/mol. The van der Waals surface area contributed by atoms with Crippen LogP contribution in [-0.4, -0.2) is 34.1 Å². The number of nitrogen functional groups attached to an aromatic ring is 1. The van der Waals surface area contributed by atoms with E-state index in [1.165, 1.54) is 19.6 Å². The fourth-order valence-electron chi connectivity index (χ4n) is 3.46. The van der Waals surface area contributed by atoms with Gasteiger partial charge < -0.3 is 30.3 Å². The zero-order valence-electron chi connectivity index (χ0n) is 19.7. The SMILES string of the molecule is COc1cc(-c2cnco2)cc2[nH]c([C@H](N)CC(C)C)nc12.COc1cc(Br)cc([N+](=O)[O-])c1N. The van der Waals surface area contributed by atoms with Crippen molar-refractivity contribution >= 4 is 38.3 Å². The maximum Gasteiger partial charge on any atom is 0.297 e. The molecule has 5 N–H and O–H groups in total. The molecule has 0 aliphatic carbocycles. The fourth-order valence-corrected chi connectivity index (χ4v) is 3.88. The highest BCUT2D eigenvalue weighted by molar-refractivity contribution is 9.10. The Balaban J connectivity index is 0.000000225. The highest BCUT2D eigenvalue weighted by atomic mass is 79.9. The number of nitro groups is 1. The normalized spacial score (nSPS) is 11.7. The highest BCUT2D eigenvalue weighted by Crippen LogP contribution is 2.35. The summed E-state index contributed by atoms with van der Waals surface area (Å²) in [6, 6.07) is 6.64. The molecule has 12 heteroatoms. The molecule has 4 aromatic rings. The number of fused-ring (bicyclic) bond motifs is 1. The molecule has 0 aliphatic heterocycles. The largest absolute Gasteiger partial charge is 0.494 e. The van der Waals surface area contributed by atoms with Crippen molar-refractivity contribution in [2.24, 2.45) is 11.7 Å². The Labute approximate surface area is 210 Å². The number of aromatic nitrogens is 3. The average Bonchev–Trinajstić information content (AvgIpc) is 3.49. The molecular formula is C23H27BrN6O5. The number of ether oxygens (including phenoxy) is 2. The minimum Gasteiger partial charge on any atom is -0.494 e. The van der Waals surface area contributed by atoms with Crippen LogP contribution in [0.2, 0.25) is 0 Å². The van der Waals surface area contributed by atoms with Crippen molar-refractivity contribution in [3.05, 3.63) is 57.3 Å². The van der Waals surface area contributed by atoms with Gasteiger partial charge in [-0.3, -0.25) is 10.1 Å². The van der Waals surface area contributed by atoms with Crippen molar-refractivity contribution in [2.75, 3.05) is 20.0 Å². The first-order valence-electron chi connectivity index (χ1n) is 10.6. The van der Waals surface area contributed by atoms with E-state index in [1.54, 1.807) is 19.4 Å².